The lowest BCUT2D eigenvalue weighted by molar-refractivity contribution is 0.0504. The molecule has 0 heterocycles. The molecule has 0 N–H and O–H groups in total. The van der Waals surface area contributed by atoms with E-state index in [1.54, 1.807) is 0 Å². The molecule has 0 fully saturated rings. The normalized spacial score (nSPS) is 18.0. The molecule has 0 rings (SSSR count). The lowest BCUT2D eigenvalue weighted by atomic mass is 10.1. The van der Waals surface area contributed by atoms with Crippen molar-refractivity contribution in [1.29, 1.82) is 0 Å². The summed E-state index contributed by atoms with van der Waals surface area (Å²) in [6.45, 7) is 3.69. The Bertz CT molecular complexity index is 75.5. The van der Waals surface area contributed by atoms with E-state index in [-0.39, 0.29) is 11.8 Å². The molecule has 0 aliphatic carbocycles. The van der Waals surface area contributed by atoms with Crippen molar-refractivity contribution in [3.05, 3.63) is 0 Å². The van der Waals surface area contributed by atoms with E-state index in [1.165, 1.54) is 0 Å². The van der Waals surface area contributed by atoms with E-state index >= 15 is 0 Å². The molecular formula is C6H11Cl2O. The fraction of sp³-hybridized carbons (Fsp3) is 1.00. The van der Waals surface area contributed by atoms with Crippen molar-refractivity contribution in [1.82, 2.24) is 0 Å². The summed E-state index contributed by atoms with van der Waals surface area (Å²) >= 11 is 10.9. The molecule has 0 aliphatic heterocycles. The minimum absolute atomic E-state index is 0.0752. The molecule has 0 aromatic heterocycles. The minimum Gasteiger partial charge on any atom is -0.231 e. The van der Waals surface area contributed by atoms with Gasteiger partial charge in [-0.1, -0.05) is 13.8 Å². The lowest BCUT2D eigenvalue weighted by Crippen LogP contribution is -2.26. The van der Waals surface area contributed by atoms with Crippen LogP contribution in [-0.4, -0.2) is 17.4 Å². The number of rotatable bonds is 3. The van der Waals surface area contributed by atoms with E-state index in [0.717, 1.165) is 0 Å². The molecule has 0 aliphatic rings. The summed E-state index contributed by atoms with van der Waals surface area (Å²) < 4.78 is 0. The zero-order chi connectivity index (χ0) is 7.44. The number of halogens is 2. The van der Waals surface area contributed by atoms with Gasteiger partial charge in [0.05, 0.1) is 5.38 Å². The molecule has 0 bridgehead atoms. The molecule has 2 unspecified atom stereocenters. The smallest absolute Gasteiger partial charge is 0.113 e. The highest BCUT2D eigenvalue weighted by atomic mass is 35.5. The highest BCUT2D eigenvalue weighted by Crippen LogP contribution is 2.13. The summed E-state index contributed by atoms with van der Waals surface area (Å²) in [5, 5.41) is 10.5. The van der Waals surface area contributed by atoms with Crippen LogP contribution < -0.4 is 0 Å². The molecule has 3 heteroatoms. The van der Waals surface area contributed by atoms with Gasteiger partial charge in [-0.15, -0.1) is 23.2 Å². The SMILES string of the molecule is CC(C)C([O])C(Cl)CCl. The Balaban J connectivity index is 3.58. The van der Waals surface area contributed by atoms with Gasteiger partial charge in [0, 0.05) is 5.88 Å². The van der Waals surface area contributed by atoms with Crippen molar-refractivity contribution >= 4 is 23.2 Å². The van der Waals surface area contributed by atoms with E-state index < -0.39 is 11.5 Å². The first-order valence-corrected chi connectivity index (χ1v) is 3.92. The summed E-state index contributed by atoms with van der Waals surface area (Å²) in [4.78, 5) is 0. The van der Waals surface area contributed by atoms with Crippen molar-refractivity contribution in [2.75, 3.05) is 5.88 Å². The molecule has 1 nitrogen and oxygen atoms in total. The predicted molar refractivity (Wildman–Crippen MR) is 39.7 cm³/mol. The molecule has 0 aromatic carbocycles. The number of alkyl halides is 2. The van der Waals surface area contributed by atoms with Crippen LogP contribution in [-0.2, 0) is 5.11 Å². The average molecular weight is 170 g/mol. The van der Waals surface area contributed by atoms with Gasteiger partial charge >= 0.3 is 0 Å². The summed E-state index contributed by atoms with van der Waals surface area (Å²) in [5.74, 6) is 0.319. The van der Waals surface area contributed by atoms with Gasteiger partial charge in [-0.05, 0) is 5.92 Å². The summed E-state index contributed by atoms with van der Waals surface area (Å²) in [6, 6.07) is 0. The topological polar surface area (TPSA) is 19.9 Å². The van der Waals surface area contributed by atoms with E-state index in [9.17, 15) is 5.11 Å². The maximum Gasteiger partial charge on any atom is 0.113 e. The van der Waals surface area contributed by atoms with Crippen LogP contribution >= 0.6 is 23.2 Å². The van der Waals surface area contributed by atoms with E-state index in [2.05, 4.69) is 0 Å². The zero-order valence-corrected chi connectivity index (χ0v) is 7.12. The fourth-order valence-electron chi connectivity index (χ4n) is 0.505. The highest BCUT2D eigenvalue weighted by molar-refractivity contribution is 6.28. The average Bonchev–Trinajstić information content (AvgIpc) is 1.84. The van der Waals surface area contributed by atoms with Gasteiger partial charge in [0.2, 0.25) is 0 Å². The summed E-state index contributed by atoms with van der Waals surface area (Å²) in [6.07, 6.45) is -0.732. The standard InChI is InChI=1S/C6H11Cl2O/c1-4(2)6(9)5(8)3-7/h4-6H,3H2,1-2H3. The van der Waals surface area contributed by atoms with Crippen molar-refractivity contribution in [2.45, 2.75) is 25.3 Å². The molecular weight excluding hydrogens is 159 g/mol. The monoisotopic (exact) mass is 169 g/mol. The molecule has 0 aromatic rings. The quantitative estimate of drug-likeness (QED) is 0.579. The van der Waals surface area contributed by atoms with Crippen LogP contribution in [0.4, 0.5) is 0 Å². The van der Waals surface area contributed by atoms with Gasteiger partial charge in [0.25, 0.3) is 0 Å². The Labute approximate surface area is 66.0 Å². The maximum atomic E-state index is 10.9. The Kier molecular flexibility index (Phi) is 4.63. The molecule has 0 saturated heterocycles. The van der Waals surface area contributed by atoms with Crippen LogP contribution in [0.5, 0.6) is 0 Å². The largest absolute Gasteiger partial charge is 0.231 e. The van der Waals surface area contributed by atoms with E-state index in [0.29, 0.717) is 0 Å². The number of hydrogen-bond donors (Lipinski definition) is 0. The van der Waals surface area contributed by atoms with Crippen LogP contribution in [0, 0.1) is 5.92 Å². The Morgan fingerprint density at radius 2 is 1.89 bits per heavy atom. The van der Waals surface area contributed by atoms with Gasteiger partial charge in [0.1, 0.15) is 6.10 Å². The Morgan fingerprint density at radius 3 is 2.00 bits per heavy atom. The second-order valence-electron chi connectivity index (χ2n) is 2.38. The number of hydrogen-bond acceptors (Lipinski definition) is 0. The first kappa shape index (κ1) is 9.54. The third-order valence-electron chi connectivity index (χ3n) is 1.16. The van der Waals surface area contributed by atoms with Crippen LogP contribution in [0.1, 0.15) is 13.8 Å². The summed E-state index contributed by atoms with van der Waals surface area (Å²) in [5.41, 5.74) is 0. The first-order chi connectivity index (χ1) is 4.09. The predicted octanol–water partition coefficient (Wildman–Crippen LogP) is 2.29. The third kappa shape index (κ3) is 3.29. The molecule has 9 heavy (non-hydrogen) atoms. The van der Waals surface area contributed by atoms with Gasteiger partial charge in [-0.25, -0.2) is 5.11 Å². The lowest BCUT2D eigenvalue weighted by Gasteiger charge is -2.14. The molecule has 0 spiro atoms. The third-order valence-corrected chi connectivity index (χ3v) is 2.05. The van der Waals surface area contributed by atoms with Crippen molar-refractivity contribution in [3.8, 4) is 0 Å². The van der Waals surface area contributed by atoms with Crippen LogP contribution in [0.3, 0.4) is 0 Å². The van der Waals surface area contributed by atoms with Crippen molar-refractivity contribution in [3.63, 3.8) is 0 Å². The zero-order valence-electron chi connectivity index (χ0n) is 5.60. The van der Waals surface area contributed by atoms with Crippen molar-refractivity contribution in [2.24, 2.45) is 5.92 Å². The van der Waals surface area contributed by atoms with Gasteiger partial charge in [-0.2, -0.15) is 0 Å². The second-order valence-corrected chi connectivity index (χ2v) is 3.25. The highest BCUT2D eigenvalue weighted by Gasteiger charge is 2.20. The molecule has 55 valence electrons. The Hall–Kier alpha value is 0.540. The van der Waals surface area contributed by atoms with Crippen LogP contribution in [0.2, 0.25) is 0 Å². The van der Waals surface area contributed by atoms with Crippen LogP contribution in [0.15, 0.2) is 0 Å². The van der Waals surface area contributed by atoms with E-state index in [4.69, 9.17) is 23.2 Å². The van der Waals surface area contributed by atoms with Gasteiger partial charge < -0.3 is 0 Å². The minimum atomic E-state index is -0.732. The Morgan fingerprint density at radius 1 is 1.44 bits per heavy atom. The fourth-order valence-corrected chi connectivity index (χ4v) is 0.972. The van der Waals surface area contributed by atoms with Gasteiger partial charge in [-0.3, -0.25) is 0 Å². The second kappa shape index (κ2) is 4.37. The molecule has 2 atom stereocenters. The molecule has 0 amide bonds. The van der Waals surface area contributed by atoms with Crippen molar-refractivity contribution < 1.29 is 5.11 Å². The van der Waals surface area contributed by atoms with Crippen LogP contribution in [0.25, 0.3) is 0 Å². The first-order valence-electron chi connectivity index (χ1n) is 2.95. The molecule has 0 saturated carbocycles. The van der Waals surface area contributed by atoms with Gasteiger partial charge in [0.15, 0.2) is 0 Å². The summed E-state index contributed by atoms with van der Waals surface area (Å²) in [7, 11) is 0. The van der Waals surface area contributed by atoms with E-state index in [1.807, 2.05) is 13.8 Å². The maximum absolute atomic E-state index is 10.9. The molecule has 1 radical (unpaired) electrons.